The van der Waals surface area contributed by atoms with Crippen molar-refractivity contribution in [2.45, 2.75) is 19.4 Å². The van der Waals surface area contributed by atoms with Crippen LogP contribution in [0, 0.1) is 6.92 Å². The average Bonchev–Trinajstić information content (AvgIpc) is 2.48. The molecule has 0 saturated carbocycles. The summed E-state index contributed by atoms with van der Waals surface area (Å²) in [6.07, 6.45) is 0.914. The Balaban J connectivity index is 2.20. The van der Waals surface area contributed by atoms with Gasteiger partial charge < -0.3 is 10.5 Å². The summed E-state index contributed by atoms with van der Waals surface area (Å²) in [5.74, 6) is 0. The van der Waals surface area contributed by atoms with E-state index in [-0.39, 0.29) is 6.04 Å². The van der Waals surface area contributed by atoms with Gasteiger partial charge in [0.05, 0.1) is 12.6 Å². The van der Waals surface area contributed by atoms with Gasteiger partial charge in [0, 0.05) is 12.1 Å². The molecule has 20 heavy (non-hydrogen) atoms. The molecule has 3 heteroatoms. The quantitative estimate of drug-likeness (QED) is 0.906. The summed E-state index contributed by atoms with van der Waals surface area (Å²) in [5.41, 5.74) is 10.7. The van der Waals surface area contributed by atoms with E-state index in [0.717, 1.165) is 34.7 Å². The number of methoxy groups -OCH3 is 1. The van der Waals surface area contributed by atoms with E-state index in [2.05, 4.69) is 24.3 Å². The van der Waals surface area contributed by atoms with Crippen molar-refractivity contribution in [3.8, 4) is 0 Å². The van der Waals surface area contributed by atoms with Crippen LogP contribution in [0.3, 0.4) is 0 Å². The van der Waals surface area contributed by atoms with Crippen LogP contribution >= 0.6 is 11.6 Å². The maximum atomic E-state index is 6.34. The van der Waals surface area contributed by atoms with Gasteiger partial charge in [-0.3, -0.25) is 0 Å². The molecule has 106 valence electrons. The average molecular weight is 290 g/mol. The Kier molecular flexibility index (Phi) is 5.18. The van der Waals surface area contributed by atoms with Crippen molar-refractivity contribution < 1.29 is 4.74 Å². The van der Waals surface area contributed by atoms with Gasteiger partial charge in [0.1, 0.15) is 0 Å². The minimum Gasteiger partial charge on any atom is -0.384 e. The van der Waals surface area contributed by atoms with Gasteiger partial charge in [0.2, 0.25) is 0 Å². The maximum Gasteiger partial charge on any atom is 0.0566 e. The molecule has 0 fully saturated rings. The molecule has 0 saturated heterocycles. The first-order chi connectivity index (χ1) is 9.63. The second-order valence-electron chi connectivity index (χ2n) is 4.94. The van der Waals surface area contributed by atoms with Crippen LogP contribution in [0.5, 0.6) is 0 Å². The number of rotatable bonds is 5. The van der Waals surface area contributed by atoms with Crippen molar-refractivity contribution in [3.05, 3.63) is 69.7 Å². The normalized spacial score (nSPS) is 12.4. The largest absolute Gasteiger partial charge is 0.384 e. The molecule has 2 rings (SSSR count). The fourth-order valence-corrected chi connectivity index (χ4v) is 2.44. The van der Waals surface area contributed by atoms with E-state index < -0.39 is 0 Å². The van der Waals surface area contributed by atoms with Crippen molar-refractivity contribution in [3.63, 3.8) is 0 Å². The molecule has 0 amide bonds. The van der Waals surface area contributed by atoms with Crippen molar-refractivity contribution in [1.29, 1.82) is 0 Å². The first kappa shape index (κ1) is 15.0. The van der Waals surface area contributed by atoms with Crippen molar-refractivity contribution >= 4 is 11.6 Å². The Morgan fingerprint density at radius 1 is 1.15 bits per heavy atom. The zero-order valence-electron chi connectivity index (χ0n) is 11.9. The fraction of sp³-hybridized carbons (Fsp3) is 0.294. The lowest BCUT2D eigenvalue weighted by molar-refractivity contribution is 0.202. The Hall–Kier alpha value is -1.35. The van der Waals surface area contributed by atoms with Crippen molar-refractivity contribution in [2.75, 3.05) is 13.7 Å². The lowest BCUT2D eigenvalue weighted by Crippen LogP contribution is -2.12. The van der Waals surface area contributed by atoms with Crippen LogP contribution in [-0.2, 0) is 11.2 Å². The second-order valence-corrected chi connectivity index (χ2v) is 5.32. The number of benzene rings is 2. The van der Waals surface area contributed by atoms with Gasteiger partial charge in [0.15, 0.2) is 0 Å². The number of aryl methyl sites for hydroxylation is 1. The highest BCUT2D eigenvalue weighted by molar-refractivity contribution is 6.32. The SMILES string of the molecule is COCCc1ccc(C(N)c2cccc(C)c2Cl)cc1. The van der Waals surface area contributed by atoms with E-state index in [1.54, 1.807) is 7.11 Å². The van der Waals surface area contributed by atoms with Crippen molar-refractivity contribution in [1.82, 2.24) is 0 Å². The molecule has 2 aromatic rings. The van der Waals surface area contributed by atoms with E-state index >= 15 is 0 Å². The molecule has 2 nitrogen and oxygen atoms in total. The molecule has 2 N–H and O–H groups in total. The first-order valence-corrected chi connectivity index (χ1v) is 7.09. The van der Waals surface area contributed by atoms with Gasteiger partial charge in [-0.1, -0.05) is 54.1 Å². The smallest absolute Gasteiger partial charge is 0.0566 e. The molecule has 0 aromatic heterocycles. The zero-order valence-corrected chi connectivity index (χ0v) is 12.7. The summed E-state index contributed by atoms with van der Waals surface area (Å²) in [6.45, 7) is 2.72. The van der Waals surface area contributed by atoms with Crippen LogP contribution < -0.4 is 5.73 Å². The molecular formula is C17H20ClNO. The third-order valence-corrected chi connectivity index (χ3v) is 4.01. The molecule has 0 spiro atoms. The highest BCUT2D eigenvalue weighted by Gasteiger charge is 2.13. The Morgan fingerprint density at radius 3 is 2.50 bits per heavy atom. The summed E-state index contributed by atoms with van der Waals surface area (Å²) < 4.78 is 5.08. The lowest BCUT2D eigenvalue weighted by atomic mass is 9.97. The van der Waals surface area contributed by atoms with Gasteiger partial charge in [0.25, 0.3) is 0 Å². The van der Waals surface area contributed by atoms with Crippen LogP contribution in [0.1, 0.15) is 28.3 Å². The number of hydrogen-bond donors (Lipinski definition) is 1. The number of nitrogens with two attached hydrogens (primary N) is 1. The van der Waals surface area contributed by atoms with Gasteiger partial charge in [-0.15, -0.1) is 0 Å². The summed E-state index contributed by atoms with van der Waals surface area (Å²) in [4.78, 5) is 0. The minimum absolute atomic E-state index is 0.195. The zero-order chi connectivity index (χ0) is 14.5. The van der Waals surface area contributed by atoms with Crippen LogP contribution in [0.4, 0.5) is 0 Å². The minimum atomic E-state index is -0.195. The first-order valence-electron chi connectivity index (χ1n) is 6.72. The van der Waals surface area contributed by atoms with Crippen LogP contribution in [0.25, 0.3) is 0 Å². The lowest BCUT2D eigenvalue weighted by Gasteiger charge is -2.16. The van der Waals surface area contributed by atoms with E-state index in [0.29, 0.717) is 0 Å². The molecule has 0 aliphatic heterocycles. The monoisotopic (exact) mass is 289 g/mol. The van der Waals surface area contributed by atoms with E-state index in [9.17, 15) is 0 Å². The van der Waals surface area contributed by atoms with Gasteiger partial charge in [-0.05, 0) is 35.6 Å². The van der Waals surface area contributed by atoms with Crippen LogP contribution in [-0.4, -0.2) is 13.7 Å². The Labute approximate surface area is 125 Å². The molecule has 0 bridgehead atoms. The van der Waals surface area contributed by atoms with E-state index in [1.807, 2.05) is 25.1 Å². The number of ether oxygens (including phenoxy) is 1. The summed E-state index contributed by atoms with van der Waals surface area (Å²) in [5, 5.41) is 0.753. The van der Waals surface area contributed by atoms with E-state index in [4.69, 9.17) is 22.1 Å². The third kappa shape index (κ3) is 3.40. The predicted molar refractivity (Wildman–Crippen MR) is 84.2 cm³/mol. The van der Waals surface area contributed by atoms with Gasteiger partial charge in [-0.2, -0.15) is 0 Å². The Morgan fingerprint density at radius 2 is 1.85 bits per heavy atom. The maximum absolute atomic E-state index is 6.34. The standard InChI is InChI=1S/C17H20ClNO/c1-12-4-3-5-15(16(12)18)17(19)14-8-6-13(7-9-14)10-11-20-2/h3-9,17H,10-11,19H2,1-2H3. The molecule has 0 aliphatic carbocycles. The second kappa shape index (κ2) is 6.89. The third-order valence-electron chi connectivity index (χ3n) is 3.49. The molecule has 1 unspecified atom stereocenters. The molecule has 0 aliphatic rings. The number of hydrogen-bond acceptors (Lipinski definition) is 2. The highest BCUT2D eigenvalue weighted by atomic mass is 35.5. The fourth-order valence-electron chi connectivity index (χ4n) is 2.20. The molecule has 1 atom stereocenters. The van der Waals surface area contributed by atoms with Crippen molar-refractivity contribution in [2.24, 2.45) is 5.73 Å². The predicted octanol–water partition coefficient (Wildman–Crippen LogP) is 3.89. The van der Waals surface area contributed by atoms with Gasteiger partial charge >= 0.3 is 0 Å². The molecule has 0 radical (unpaired) electrons. The van der Waals surface area contributed by atoms with Gasteiger partial charge in [-0.25, -0.2) is 0 Å². The topological polar surface area (TPSA) is 35.2 Å². The molecule has 2 aromatic carbocycles. The number of halogens is 1. The van der Waals surface area contributed by atoms with Crippen LogP contribution in [0.2, 0.25) is 5.02 Å². The summed E-state index contributed by atoms with van der Waals surface area (Å²) in [7, 11) is 1.71. The summed E-state index contributed by atoms with van der Waals surface area (Å²) >= 11 is 6.34. The van der Waals surface area contributed by atoms with Crippen LogP contribution in [0.15, 0.2) is 42.5 Å². The summed E-state index contributed by atoms with van der Waals surface area (Å²) in [6, 6.07) is 14.1. The molecule has 0 heterocycles. The highest BCUT2D eigenvalue weighted by Crippen LogP contribution is 2.28. The molecular weight excluding hydrogens is 270 g/mol. The van der Waals surface area contributed by atoms with E-state index in [1.165, 1.54) is 5.56 Å². The Bertz CT molecular complexity index is 566.